The quantitative estimate of drug-likeness (QED) is 0.608. The molecule has 3 rings (SSSR count). The first-order valence-electron chi connectivity index (χ1n) is 6.40. The van der Waals surface area contributed by atoms with E-state index in [1.807, 2.05) is 25.1 Å². The van der Waals surface area contributed by atoms with Crippen LogP contribution in [0, 0.1) is 5.82 Å². The largest absolute Gasteiger partial charge is 0.456 e. The van der Waals surface area contributed by atoms with E-state index in [9.17, 15) is 4.39 Å². The lowest BCUT2D eigenvalue weighted by atomic mass is 9.94. The van der Waals surface area contributed by atoms with Crippen molar-refractivity contribution in [1.82, 2.24) is 0 Å². The number of rotatable bonds is 1. The van der Waals surface area contributed by atoms with E-state index in [1.165, 1.54) is 12.1 Å². The van der Waals surface area contributed by atoms with Crippen LogP contribution in [0.2, 0.25) is 5.02 Å². The SMILES string of the molecule is C/C=C1\Oc2cc(Cl)ccc2C(c2ccc(F)cc2)=C1Br. The summed E-state index contributed by atoms with van der Waals surface area (Å²) in [4.78, 5) is 0. The summed E-state index contributed by atoms with van der Waals surface area (Å²) in [5.41, 5.74) is 2.79. The van der Waals surface area contributed by atoms with Gasteiger partial charge >= 0.3 is 0 Å². The smallest absolute Gasteiger partial charge is 0.138 e. The molecular formula is C17H11BrClFO. The minimum atomic E-state index is -0.259. The topological polar surface area (TPSA) is 9.23 Å². The van der Waals surface area contributed by atoms with Gasteiger partial charge in [-0.3, -0.25) is 0 Å². The monoisotopic (exact) mass is 364 g/mol. The highest BCUT2D eigenvalue weighted by Gasteiger charge is 2.24. The van der Waals surface area contributed by atoms with Crippen molar-refractivity contribution in [1.29, 1.82) is 0 Å². The second kappa shape index (κ2) is 5.66. The van der Waals surface area contributed by atoms with Gasteiger partial charge in [-0.15, -0.1) is 0 Å². The van der Waals surface area contributed by atoms with Crippen molar-refractivity contribution in [2.75, 3.05) is 0 Å². The summed E-state index contributed by atoms with van der Waals surface area (Å²) in [6, 6.07) is 11.9. The van der Waals surface area contributed by atoms with Gasteiger partial charge in [0.15, 0.2) is 0 Å². The maximum Gasteiger partial charge on any atom is 0.138 e. The number of benzene rings is 2. The molecule has 2 aromatic carbocycles. The van der Waals surface area contributed by atoms with E-state index >= 15 is 0 Å². The molecule has 0 aromatic heterocycles. The molecule has 1 aliphatic rings. The minimum Gasteiger partial charge on any atom is -0.456 e. The van der Waals surface area contributed by atoms with Crippen molar-refractivity contribution in [3.63, 3.8) is 0 Å². The Morgan fingerprint density at radius 1 is 1.14 bits per heavy atom. The molecule has 0 amide bonds. The lowest BCUT2D eigenvalue weighted by Crippen LogP contribution is -2.07. The molecule has 106 valence electrons. The standard InChI is InChI=1S/C17H11BrClFO/c1-2-14-17(18)16(10-3-6-12(20)7-4-10)13-8-5-11(19)9-15(13)21-14/h2-9H,1H3/b14-2-. The summed E-state index contributed by atoms with van der Waals surface area (Å²) < 4.78 is 19.8. The molecule has 4 heteroatoms. The molecule has 0 radical (unpaired) electrons. The number of fused-ring (bicyclic) bond motifs is 1. The van der Waals surface area contributed by atoms with Crippen LogP contribution < -0.4 is 4.74 Å². The van der Waals surface area contributed by atoms with Crippen molar-refractivity contribution in [3.8, 4) is 5.75 Å². The van der Waals surface area contributed by atoms with Crippen LogP contribution in [0.4, 0.5) is 4.39 Å². The number of allylic oxidation sites excluding steroid dienone is 2. The highest BCUT2D eigenvalue weighted by molar-refractivity contribution is 9.12. The summed E-state index contributed by atoms with van der Waals surface area (Å²) in [6.07, 6.45) is 1.87. The molecule has 2 aromatic rings. The van der Waals surface area contributed by atoms with Gasteiger partial charge in [-0.2, -0.15) is 0 Å². The number of hydrogen-bond donors (Lipinski definition) is 0. The van der Waals surface area contributed by atoms with Gasteiger partial charge < -0.3 is 4.74 Å². The zero-order chi connectivity index (χ0) is 15.0. The first-order chi connectivity index (χ1) is 10.1. The molecule has 0 saturated heterocycles. The fraction of sp³-hybridized carbons (Fsp3) is 0.0588. The Morgan fingerprint density at radius 3 is 2.52 bits per heavy atom. The van der Waals surface area contributed by atoms with Crippen LogP contribution in [-0.4, -0.2) is 0 Å². The molecule has 1 aliphatic heterocycles. The Kier molecular flexibility index (Phi) is 3.87. The first kappa shape index (κ1) is 14.4. The second-order valence-corrected chi connectivity index (χ2v) is 5.82. The third-order valence-electron chi connectivity index (χ3n) is 3.26. The van der Waals surface area contributed by atoms with E-state index in [0.29, 0.717) is 16.5 Å². The van der Waals surface area contributed by atoms with Crippen molar-refractivity contribution >= 4 is 33.1 Å². The van der Waals surface area contributed by atoms with E-state index in [2.05, 4.69) is 15.9 Å². The average molecular weight is 366 g/mol. The summed E-state index contributed by atoms with van der Waals surface area (Å²) in [5, 5.41) is 0.612. The fourth-order valence-corrected chi connectivity index (χ4v) is 3.19. The Morgan fingerprint density at radius 2 is 1.86 bits per heavy atom. The van der Waals surface area contributed by atoms with Gasteiger partial charge in [-0.25, -0.2) is 4.39 Å². The summed E-state index contributed by atoms with van der Waals surface area (Å²) in [5.74, 6) is 1.15. The van der Waals surface area contributed by atoms with Crippen LogP contribution >= 0.6 is 27.5 Å². The minimum absolute atomic E-state index is 0.259. The second-order valence-electron chi connectivity index (χ2n) is 4.59. The molecule has 0 spiro atoms. The number of halogens is 3. The van der Waals surface area contributed by atoms with Crippen molar-refractivity contribution < 1.29 is 9.13 Å². The van der Waals surface area contributed by atoms with Crippen LogP contribution in [0.5, 0.6) is 5.75 Å². The zero-order valence-corrected chi connectivity index (χ0v) is 13.5. The predicted molar refractivity (Wildman–Crippen MR) is 87.2 cm³/mol. The Bertz CT molecular complexity index is 763. The third kappa shape index (κ3) is 2.63. The van der Waals surface area contributed by atoms with Crippen LogP contribution in [0.1, 0.15) is 18.1 Å². The lowest BCUT2D eigenvalue weighted by Gasteiger charge is -2.23. The maximum atomic E-state index is 13.2. The fourth-order valence-electron chi connectivity index (χ4n) is 2.28. The number of ether oxygens (including phenoxy) is 1. The molecule has 0 atom stereocenters. The summed E-state index contributed by atoms with van der Waals surface area (Å²) in [6.45, 7) is 1.90. The van der Waals surface area contributed by atoms with Crippen LogP contribution in [0.15, 0.2) is 58.8 Å². The van der Waals surface area contributed by atoms with Crippen LogP contribution in [0.25, 0.3) is 5.57 Å². The zero-order valence-electron chi connectivity index (χ0n) is 11.2. The Labute approximate surface area is 135 Å². The van der Waals surface area contributed by atoms with Crippen LogP contribution in [-0.2, 0) is 0 Å². The van der Waals surface area contributed by atoms with Gasteiger partial charge in [0.1, 0.15) is 17.3 Å². The van der Waals surface area contributed by atoms with Gasteiger partial charge in [-0.1, -0.05) is 23.7 Å². The summed E-state index contributed by atoms with van der Waals surface area (Å²) >= 11 is 9.63. The maximum absolute atomic E-state index is 13.2. The van der Waals surface area contributed by atoms with Gasteiger partial charge in [0.25, 0.3) is 0 Å². The molecule has 21 heavy (non-hydrogen) atoms. The molecule has 1 heterocycles. The van der Waals surface area contributed by atoms with E-state index in [0.717, 1.165) is 21.2 Å². The average Bonchev–Trinajstić information content (AvgIpc) is 2.48. The molecule has 0 saturated carbocycles. The van der Waals surface area contributed by atoms with Gasteiger partial charge in [0.2, 0.25) is 0 Å². The molecule has 0 fully saturated rings. The molecule has 0 bridgehead atoms. The van der Waals surface area contributed by atoms with Gasteiger partial charge in [-0.05, 0) is 58.8 Å². The normalized spacial score (nSPS) is 15.9. The molecular weight excluding hydrogens is 355 g/mol. The van der Waals surface area contributed by atoms with E-state index in [-0.39, 0.29) is 5.82 Å². The van der Waals surface area contributed by atoms with E-state index in [4.69, 9.17) is 16.3 Å². The third-order valence-corrected chi connectivity index (χ3v) is 4.29. The molecule has 0 aliphatic carbocycles. The summed E-state index contributed by atoms with van der Waals surface area (Å²) in [7, 11) is 0. The molecule has 1 nitrogen and oxygen atoms in total. The lowest BCUT2D eigenvalue weighted by molar-refractivity contribution is 0.436. The van der Waals surface area contributed by atoms with Crippen molar-refractivity contribution in [2.24, 2.45) is 0 Å². The number of hydrogen-bond acceptors (Lipinski definition) is 1. The first-order valence-corrected chi connectivity index (χ1v) is 7.57. The Balaban J connectivity index is 2.26. The molecule has 0 unspecified atom stereocenters. The van der Waals surface area contributed by atoms with Gasteiger partial charge in [0.05, 0.1) is 4.48 Å². The van der Waals surface area contributed by atoms with Crippen molar-refractivity contribution in [2.45, 2.75) is 6.92 Å². The van der Waals surface area contributed by atoms with E-state index in [1.54, 1.807) is 18.2 Å². The van der Waals surface area contributed by atoms with Crippen LogP contribution in [0.3, 0.4) is 0 Å². The Hall–Kier alpha value is -1.58. The predicted octanol–water partition coefficient (Wildman–Crippen LogP) is 5.93. The molecule has 0 N–H and O–H groups in total. The highest BCUT2D eigenvalue weighted by Crippen LogP contribution is 2.44. The van der Waals surface area contributed by atoms with Crippen molar-refractivity contribution in [3.05, 3.63) is 80.7 Å². The van der Waals surface area contributed by atoms with E-state index < -0.39 is 0 Å². The van der Waals surface area contributed by atoms with Gasteiger partial charge in [0, 0.05) is 22.2 Å². The highest BCUT2D eigenvalue weighted by atomic mass is 79.9.